The summed E-state index contributed by atoms with van der Waals surface area (Å²) >= 11 is 5.34. The van der Waals surface area contributed by atoms with Gasteiger partial charge in [-0.2, -0.15) is 4.31 Å². The van der Waals surface area contributed by atoms with Crippen molar-refractivity contribution in [2.24, 2.45) is 0 Å². The Morgan fingerprint density at radius 2 is 2.10 bits per heavy atom. The topological polar surface area (TPSA) is 37.4 Å². The molecule has 0 radical (unpaired) electrons. The standard InChI is InChI=1S/C5H12ClNO2S/c1-2-3-4-7(5-6)10(8)9/h10H,2-5H2,1H3. The van der Waals surface area contributed by atoms with Crippen LogP contribution in [0.15, 0.2) is 0 Å². The normalized spacial score (nSPS) is 11.2. The van der Waals surface area contributed by atoms with Crippen molar-refractivity contribution < 1.29 is 8.42 Å². The van der Waals surface area contributed by atoms with Crippen LogP contribution in [-0.2, 0) is 10.9 Å². The van der Waals surface area contributed by atoms with E-state index in [0.29, 0.717) is 6.54 Å². The molecule has 0 spiro atoms. The number of nitrogens with zero attached hydrogens (tertiary/aromatic N) is 1. The van der Waals surface area contributed by atoms with Crippen molar-refractivity contribution in [2.45, 2.75) is 19.8 Å². The largest absolute Gasteiger partial charge is 0.215 e. The molecule has 0 aliphatic rings. The molecular weight excluding hydrogens is 174 g/mol. The van der Waals surface area contributed by atoms with Gasteiger partial charge in [-0.3, -0.25) is 0 Å². The molecule has 62 valence electrons. The zero-order valence-corrected chi connectivity index (χ0v) is 7.57. The van der Waals surface area contributed by atoms with Gasteiger partial charge in [-0.05, 0) is 6.42 Å². The van der Waals surface area contributed by atoms with Crippen molar-refractivity contribution in [3.05, 3.63) is 0 Å². The Kier molecular flexibility index (Phi) is 6.06. The fourth-order valence-electron chi connectivity index (χ4n) is 0.526. The second-order valence-corrected chi connectivity index (χ2v) is 3.22. The van der Waals surface area contributed by atoms with Crippen LogP contribution >= 0.6 is 11.6 Å². The van der Waals surface area contributed by atoms with Crippen molar-refractivity contribution in [1.82, 2.24) is 4.31 Å². The number of thiol groups is 1. The molecular formula is C5H12ClNO2S. The van der Waals surface area contributed by atoms with Gasteiger partial charge in [-0.25, -0.2) is 8.42 Å². The lowest BCUT2D eigenvalue weighted by Crippen LogP contribution is -2.21. The number of alkyl halides is 1. The van der Waals surface area contributed by atoms with E-state index in [1.807, 2.05) is 6.92 Å². The third kappa shape index (κ3) is 4.09. The summed E-state index contributed by atoms with van der Waals surface area (Å²) in [6.45, 7) is 2.54. The van der Waals surface area contributed by atoms with Crippen LogP contribution in [0.1, 0.15) is 19.8 Å². The third-order valence-corrected chi connectivity index (χ3v) is 2.40. The van der Waals surface area contributed by atoms with Crippen LogP contribution in [0.3, 0.4) is 0 Å². The van der Waals surface area contributed by atoms with Crippen LogP contribution in [0.5, 0.6) is 0 Å². The Balaban J connectivity index is 3.61. The highest BCUT2D eigenvalue weighted by Crippen LogP contribution is 1.95. The molecule has 0 unspecified atom stereocenters. The summed E-state index contributed by atoms with van der Waals surface area (Å²) in [5.41, 5.74) is 0. The Labute approximate surface area is 68.1 Å². The van der Waals surface area contributed by atoms with Gasteiger partial charge in [0.1, 0.15) is 0 Å². The van der Waals surface area contributed by atoms with E-state index in [0.717, 1.165) is 12.8 Å². The first kappa shape index (κ1) is 10.2. The van der Waals surface area contributed by atoms with Gasteiger partial charge in [0, 0.05) is 6.54 Å². The highest BCUT2D eigenvalue weighted by molar-refractivity contribution is 7.69. The van der Waals surface area contributed by atoms with Crippen LogP contribution < -0.4 is 0 Å². The average molecular weight is 186 g/mol. The van der Waals surface area contributed by atoms with Crippen LogP contribution in [-0.4, -0.2) is 25.3 Å². The van der Waals surface area contributed by atoms with Gasteiger partial charge < -0.3 is 0 Å². The Morgan fingerprint density at radius 1 is 1.50 bits per heavy atom. The number of halogens is 1. The summed E-state index contributed by atoms with van der Waals surface area (Å²) in [7, 11) is -2.47. The summed E-state index contributed by atoms with van der Waals surface area (Å²) in [6, 6.07) is 0.0682. The van der Waals surface area contributed by atoms with E-state index in [4.69, 9.17) is 11.6 Å². The Morgan fingerprint density at radius 3 is 2.40 bits per heavy atom. The van der Waals surface area contributed by atoms with Gasteiger partial charge in [0.2, 0.25) is 10.9 Å². The summed E-state index contributed by atoms with van der Waals surface area (Å²) in [6.07, 6.45) is 1.85. The van der Waals surface area contributed by atoms with Crippen molar-refractivity contribution in [3.8, 4) is 0 Å². The first-order chi connectivity index (χ1) is 4.72. The quantitative estimate of drug-likeness (QED) is 0.391. The van der Waals surface area contributed by atoms with Gasteiger partial charge in [0.05, 0.1) is 6.00 Å². The van der Waals surface area contributed by atoms with Crippen LogP contribution in [0.2, 0.25) is 0 Å². The zero-order chi connectivity index (χ0) is 7.98. The minimum atomic E-state index is -2.47. The minimum Gasteiger partial charge on any atom is -0.215 e. The molecule has 0 aromatic carbocycles. The molecule has 5 heteroatoms. The smallest absolute Gasteiger partial charge is 0.205 e. The molecule has 0 rings (SSSR count). The van der Waals surface area contributed by atoms with E-state index in [1.165, 1.54) is 4.31 Å². The maximum atomic E-state index is 10.3. The molecule has 0 aromatic heterocycles. The average Bonchev–Trinajstić information content (AvgIpc) is 1.89. The predicted molar refractivity (Wildman–Crippen MR) is 42.6 cm³/mol. The van der Waals surface area contributed by atoms with Crippen LogP contribution in [0.4, 0.5) is 0 Å². The van der Waals surface area contributed by atoms with E-state index in [-0.39, 0.29) is 6.00 Å². The van der Waals surface area contributed by atoms with Crippen molar-refractivity contribution >= 4 is 22.5 Å². The van der Waals surface area contributed by atoms with Gasteiger partial charge in [-0.15, -0.1) is 11.6 Å². The molecule has 0 aromatic rings. The molecule has 0 amide bonds. The molecule has 3 nitrogen and oxygen atoms in total. The van der Waals surface area contributed by atoms with Crippen molar-refractivity contribution in [2.75, 3.05) is 12.5 Å². The highest BCUT2D eigenvalue weighted by atomic mass is 35.5. The fraction of sp³-hybridized carbons (Fsp3) is 1.00. The predicted octanol–water partition coefficient (Wildman–Crippen LogP) is 0.811. The van der Waals surface area contributed by atoms with Gasteiger partial charge >= 0.3 is 0 Å². The first-order valence-corrected chi connectivity index (χ1v) is 4.84. The molecule has 0 N–H and O–H groups in total. The highest BCUT2D eigenvalue weighted by Gasteiger charge is 2.02. The van der Waals surface area contributed by atoms with Crippen molar-refractivity contribution in [3.63, 3.8) is 0 Å². The summed E-state index contributed by atoms with van der Waals surface area (Å²) in [5.74, 6) is 0. The minimum absolute atomic E-state index is 0.0682. The monoisotopic (exact) mass is 185 g/mol. The van der Waals surface area contributed by atoms with Gasteiger partial charge in [0.15, 0.2) is 0 Å². The lowest BCUT2D eigenvalue weighted by Gasteiger charge is -2.08. The fourth-order valence-corrected chi connectivity index (χ4v) is 1.30. The van der Waals surface area contributed by atoms with Crippen molar-refractivity contribution in [1.29, 1.82) is 0 Å². The number of hydrogen-bond acceptors (Lipinski definition) is 2. The Bertz CT molecular complexity index is 141. The SMILES string of the molecule is CCCCN(CCl)[SH](=O)=O. The molecule has 0 atom stereocenters. The number of hydrogen-bond donors (Lipinski definition) is 1. The van der Waals surface area contributed by atoms with E-state index in [9.17, 15) is 8.42 Å². The van der Waals surface area contributed by atoms with E-state index < -0.39 is 10.9 Å². The second-order valence-electron chi connectivity index (χ2n) is 1.94. The Hall–Kier alpha value is 0.200. The molecule has 0 heterocycles. The summed E-state index contributed by atoms with van der Waals surface area (Å²) in [4.78, 5) is 0. The number of rotatable bonds is 5. The van der Waals surface area contributed by atoms with Crippen LogP contribution in [0.25, 0.3) is 0 Å². The van der Waals surface area contributed by atoms with E-state index in [2.05, 4.69) is 0 Å². The molecule has 10 heavy (non-hydrogen) atoms. The maximum absolute atomic E-state index is 10.3. The molecule has 0 saturated carbocycles. The third-order valence-electron chi connectivity index (χ3n) is 1.14. The maximum Gasteiger partial charge on any atom is 0.205 e. The second kappa shape index (κ2) is 5.95. The van der Waals surface area contributed by atoms with E-state index >= 15 is 0 Å². The van der Waals surface area contributed by atoms with Gasteiger partial charge in [0.25, 0.3) is 0 Å². The zero-order valence-electron chi connectivity index (χ0n) is 5.92. The molecule has 0 bridgehead atoms. The van der Waals surface area contributed by atoms with E-state index in [1.54, 1.807) is 0 Å². The first-order valence-electron chi connectivity index (χ1n) is 3.17. The summed E-state index contributed by atoms with van der Waals surface area (Å²) in [5, 5.41) is 0. The molecule has 0 aliphatic heterocycles. The van der Waals surface area contributed by atoms with Gasteiger partial charge in [-0.1, -0.05) is 13.3 Å². The lowest BCUT2D eigenvalue weighted by atomic mass is 10.3. The lowest BCUT2D eigenvalue weighted by molar-refractivity contribution is 0.463. The molecule has 0 saturated heterocycles. The number of unbranched alkanes of at least 4 members (excludes halogenated alkanes) is 1. The van der Waals surface area contributed by atoms with Crippen LogP contribution in [0, 0.1) is 0 Å². The summed E-state index contributed by atoms with van der Waals surface area (Å²) < 4.78 is 21.9. The molecule has 0 aliphatic carbocycles. The molecule has 0 fully saturated rings.